The second-order valence-corrected chi connectivity index (χ2v) is 8.82. The molecule has 0 unspecified atom stereocenters. The lowest BCUT2D eigenvalue weighted by molar-refractivity contribution is 0.151. The van der Waals surface area contributed by atoms with E-state index >= 15 is 0 Å². The quantitative estimate of drug-likeness (QED) is 0.368. The number of nitriles is 1. The summed E-state index contributed by atoms with van der Waals surface area (Å²) in [4.78, 5) is 0. The maximum Gasteiger partial charge on any atom is 0.123 e. The third-order valence-corrected chi connectivity index (χ3v) is 7.06. The number of aryl methyl sites for hydroxylation is 1. The molecule has 0 N–H and O–H groups in total. The van der Waals surface area contributed by atoms with Gasteiger partial charge in [-0.3, -0.25) is 0 Å². The Bertz CT molecular complexity index is 611. The Hall–Kier alpha value is -1.62. The molecule has 0 saturated heterocycles. The monoisotopic (exact) mass is 367 g/mol. The first-order valence-electron chi connectivity index (χ1n) is 11.1. The molecule has 1 aromatic carbocycles. The van der Waals surface area contributed by atoms with Crippen LogP contribution in [0.25, 0.3) is 0 Å². The van der Waals surface area contributed by atoms with Crippen molar-refractivity contribution in [2.75, 3.05) is 0 Å². The number of rotatable bonds is 7. The number of benzene rings is 1. The maximum absolute atomic E-state index is 12.9. The third-order valence-electron chi connectivity index (χ3n) is 7.06. The molecule has 2 aliphatic rings. The molecule has 2 aliphatic carbocycles. The van der Waals surface area contributed by atoms with Gasteiger partial charge >= 0.3 is 0 Å². The van der Waals surface area contributed by atoms with Crippen LogP contribution < -0.4 is 0 Å². The molecule has 2 heteroatoms. The van der Waals surface area contributed by atoms with Crippen LogP contribution in [-0.4, -0.2) is 0 Å². The number of nitrogens with zero attached hydrogens (tertiary/aromatic N) is 1. The molecule has 0 bridgehead atoms. The fourth-order valence-electron chi connectivity index (χ4n) is 5.35. The molecule has 146 valence electrons. The molecule has 0 atom stereocenters. The summed E-state index contributed by atoms with van der Waals surface area (Å²) in [5.74, 6) is 3.35. The van der Waals surface area contributed by atoms with Gasteiger partial charge in [0, 0.05) is 6.08 Å². The van der Waals surface area contributed by atoms with E-state index in [1.807, 2.05) is 12.1 Å². The van der Waals surface area contributed by atoms with Crippen molar-refractivity contribution < 1.29 is 4.39 Å². The molecule has 0 radical (unpaired) electrons. The first kappa shape index (κ1) is 20.1. The molecule has 2 saturated carbocycles. The fourth-order valence-corrected chi connectivity index (χ4v) is 5.35. The minimum atomic E-state index is -0.136. The van der Waals surface area contributed by atoms with Crippen molar-refractivity contribution in [1.29, 1.82) is 5.26 Å². The van der Waals surface area contributed by atoms with Crippen molar-refractivity contribution in [3.8, 4) is 6.07 Å². The van der Waals surface area contributed by atoms with Gasteiger partial charge in [-0.05, 0) is 92.7 Å². The van der Waals surface area contributed by atoms with Gasteiger partial charge in [0.25, 0.3) is 0 Å². The van der Waals surface area contributed by atoms with E-state index in [-0.39, 0.29) is 5.82 Å². The Labute approximate surface area is 164 Å². The van der Waals surface area contributed by atoms with E-state index in [4.69, 9.17) is 5.26 Å². The Morgan fingerprint density at radius 1 is 0.889 bits per heavy atom. The predicted molar refractivity (Wildman–Crippen MR) is 110 cm³/mol. The summed E-state index contributed by atoms with van der Waals surface area (Å²) in [6.07, 6.45) is 19.8. The summed E-state index contributed by atoms with van der Waals surface area (Å²) in [6, 6.07) is 9.12. The molecule has 1 nitrogen and oxygen atoms in total. The van der Waals surface area contributed by atoms with E-state index in [2.05, 4.69) is 12.1 Å². The molecule has 1 aromatic rings. The van der Waals surface area contributed by atoms with Crippen molar-refractivity contribution in [3.05, 3.63) is 47.8 Å². The van der Waals surface area contributed by atoms with Gasteiger partial charge in [0.2, 0.25) is 0 Å². The van der Waals surface area contributed by atoms with E-state index in [1.165, 1.54) is 76.2 Å². The Morgan fingerprint density at radius 2 is 1.52 bits per heavy atom. The van der Waals surface area contributed by atoms with Crippen molar-refractivity contribution in [1.82, 2.24) is 0 Å². The molecule has 27 heavy (non-hydrogen) atoms. The smallest absolute Gasteiger partial charge is 0.123 e. The van der Waals surface area contributed by atoms with Gasteiger partial charge in [-0.2, -0.15) is 5.26 Å². The highest BCUT2D eigenvalue weighted by Crippen LogP contribution is 2.42. The highest BCUT2D eigenvalue weighted by Gasteiger charge is 2.30. The van der Waals surface area contributed by atoms with Gasteiger partial charge in [-0.15, -0.1) is 0 Å². The van der Waals surface area contributed by atoms with Crippen LogP contribution >= 0.6 is 0 Å². The summed E-state index contributed by atoms with van der Waals surface area (Å²) in [6.45, 7) is 0. The summed E-state index contributed by atoms with van der Waals surface area (Å²) >= 11 is 0. The maximum atomic E-state index is 12.9. The Kier molecular flexibility index (Phi) is 7.93. The van der Waals surface area contributed by atoms with E-state index in [9.17, 15) is 4.39 Å². The van der Waals surface area contributed by atoms with Gasteiger partial charge < -0.3 is 0 Å². The lowest BCUT2D eigenvalue weighted by atomic mass is 9.68. The molecule has 0 heterocycles. The van der Waals surface area contributed by atoms with E-state index in [1.54, 1.807) is 18.2 Å². The second-order valence-electron chi connectivity index (χ2n) is 8.82. The second kappa shape index (κ2) is 10.6. The standard InChI is InChI=1S/C25H34FN/c26-25-17-11-21(12-18-25)5-2-1-4-20-7-13-23(14-8-20)24-15-9-22(10-16-24)6-3-19-27/h3,6,11-12,17-18,20,22-24H,1-2,4-5,7-10,13-16H2/b6-3+. The van der Waals surface area contributed by atoms with Crippen LogP contribution in [0.15, 0.2) is 36.4 Å². The number of unbranched alkanes of at least 4 members (excludes halogenated alkanes) is 1. The zero-order valence-corrected chi connectivity index (χ0v) is 16.6. The number of hydrogen-bond donors (Lipinski definition) is 0. The van der Waals surface area contributed by atoms with Crippen LogP contribution in [0.3, 0.4) is 0 Å². The first-order chi connectivity index (χ1) is 13.2. The van der Waals surface area contributed by atoms with Crippen LogP contribution in [0, 0.1) is 40.8 Å². The zero-order chi connectivity index (χ0) is 18.9. The highest BCUT2D eigenvalue weighted by atomic mass is 19.1. The number of halogens is 1. The number of allylic oxidation sites excluding steroid dienone is 2. The van der Waals surface area contributed by atoms with Gasteiger partial charge in [0.1, 0.15) is 5.82 Å². The van der Waals surface area contributed by atoms with Crippen LogP contribution in [-0.2, 0) is 6.42 Å². The summed E-state index contributed by atoms with van der Waals surface area (Å²) in [5.41, 5.74) is 1.26. The molecule has 0 spiro atoms. The van der Waals surface area contributed by atoms with Crippen molar-refractivity contribution in [3.63, 3.8) is 0 Å². The van der Waals surface area contributed by atoms with E-state index in [0.29, 0.717) is 5.92 Å². The van der Waals surface area contributed by atoms with E-state index in [0.717, 1.165) is 24.2 Å². The summed E-state index contributed by atoms with van der Waals surface area (Å²) in [5, 5.41) is 8.67. The van der Waals surface area contributed by atoms with Crippen molar-refractivity contribution in [2.24, 2.45) is 23.7 Å². The molecule has 2 fully saturated rings. The molecular weight excluding hydrogens is 333 g/mol. The van der Waals surface area contributed by atoms with Gasteiger partial charge in [0.05, 0.1) is 6.07 Å². The van der Waals surface area contributed by atoms with Crippen molar-refractivity contribution >= 4 is 0 Å². The average molecular weight is 368 g/mol. The highest BCUT2D eigenvalue weighted by molar-refractivity contribution is 5.15. The normalized spacial score (nSPS) is 28.9. The van der Waals surface area contributed by atoms with Gasteiger partial charge in [-0.25, -0.2) is 4.39 Å². The minimum absolute atomic E-state index is 0.136. The Balaban J connectivity index is 1.28. The fraction of sp³-hybridized carbons (Fsp3) is 0.640. The SMILES string of the molecule is N#C/C=C/C1CCC(C2CCC(CCCCc3ccc(F)cc3)CC2)CC1. The van der Waals surface area contributed by atoms with Gasteiger partial charge in [0.15, 0.2) is 0 Å². The topological polar surface area (TPSA) is 23.8 Å². The van der Waals surface area contributed by atoms with Crippen LogP contribution in [0.5, 0.6) is 0 Å². The Morgan fingerprint density at radius 3 is 2.15 bits per heavy atom. The zero-order valence-electron chi connectivity index (χ0n) is 16.6. The van der Waals surface area contributed by atoms with Crippen LogP contribution in [0.4, 0.5) is 4.39 Å². The molecule has 0 aromatic heterocycles. The molecule has 0 amide bonds. The third kappa shape index (κ3) is 6.49. The average Bonchev–Trinajstić information content (AvgIpc) is 2.72. The summed E-state index contributed by atoms with van der Waals surface area (Å²) < 4.78 is 12.9. The first-order valence-corrected chi connectivity index (χ1v) is 11.1. The van der Waals surface area contributed by atoms with Gasteiger partial charge in [-0.1, -0.05) is 43.9 Å². The van der Waals surface area contributed by atoms with Crippen LogP contribution in [0.1, 0.15) is 76.2 Å². The number of hydrogen-bond acceptors (Lipinski definition) is 1. The van der Waals surface area contributed by atoms with Crippen LogP contribution in [0.2, 0.25) is 0 Å². The summed E-state index contributed by atoms with van der Waals surface area (Å²) in [7, 11) is 0. The lowest BCUT2D eigenvalue weighted by Crippen LogP contribution is -2.25. The van der Waals surface area contributed by atoms with E-state index < -0.39 is 0 Å². The van der Waals surface area contributed by atoms with Crippen molar-refractivity contribution in [2.45, 2.75) is 77.0 Å². The molecule has 0 aliphatic heterocycles. The molecule has 3 rings (SSSR count). The predicted octanol–water partition coefficient (Wildman–Crippen LogP) is 7.23. The molecular formula is C25H34FN. The lowest BCUT2D eigenvalue weighted by Gasteiger charge is -2.37. The minimum Gasteiger partial charge on any atom is -0.207 e. The largest absolute Gasteiger partial charge is 0.207 e.